The Morgan fingerprint density at radius 1 is 1.40 bits per heavy atom. The molecule has 112 valence electrons. The molecule has 5 nitrogen and oxygen atoms in total. The number of hydrogen-bond acceptors (Lipinski definition) is 3. The first kappa shape index (κ1) is 16.3. The van der Waals surface area contributed by atoms with E-state index in [-0.39, 0.29) is 0 Å². The summed E-state index contributed by atoms with van der Waals surface area (Å²) in [6.07, 6.45) is 1.78. The highest BCUT2D eigenvalue weighted by molar-refractivity contribution is 5.77. The molecule has 3 N–H and O–H groups in total. The van der Waals surface area contributed by atoms with Gasteiger partial charge in [-0.3, -0.25) is 4.99 Å². The molecule has 1 aromatic rings. The number of aliphatic imine (C=N–C) groups is 1. The van der Waals surface area contributed by atoms with Crippen molar-refractivity contribution >= 4 is 5.96 Å². The molecule has 0 aliphatic heterocycles. The molecule has 0 saturated heterocycles. The fourth-order valence-electron chi connectivity index (χ4n) is 1.73. The van der Waals surface area contributed by atoms with Crippen LogP contribution < -0.4 is 15.8 Å². The highest BCUT2D eigenvalue weighted by Crippen LogP contribution is 2.12. The second kappa shape index (κ2) is 10.1. The van der Waals surface area contributed by atoms with Gasteiger partial charge in [0.2, 0.25) is 0 Å². The zero-order valence-corrected chi connectivity index (χ0v) is 12.4. The molecule has 0 aliphatic carbocycles. The number of hydrogen-bond donors (Lipinski definition) is 2. The second-order valence-electron chi connectivity index (χ2n) is 4.35. The van der Waals surface area contributed by atoms with Crippen LogP contribution in [0.4, 0.5) is 0 Å². The van der Waals surface area contributed by atoms with Crippen molar-refractivity contribution < 1.29 is 9.47 Å². The van der Waals surface area contributed by atoms with E-state index < -0.39 is 0 Å². The molecule has 5 heteroatoms. The first-order chi connectivity index (χ1) is 9.76. The zero-order chi connectivity index (χ0) is 14.6. The molecule has 0 unspecified atom stereocenters. The fraction of sp³-hybridized carbons (Fsp3) is 0.533. The van der Waals surface area contributed by atoms with Crippen LogP contribution in [0.25, 0.3) is 0 Å². The predicted octanol–water partition coefficient (Wildman–Crippen LogP) is 1.57. The Kier molecular flexibility index (Phi) is 8.22. The molecule has 0 aliphatic rings. The maximum Gasteiger partial charge on any atom is 0.188 e. The van der Waals surface area contributed by atoms with E-state index in [4.69, 9.17) is 15.2 Å². The smallest absolute Gasteiger partial charge is 0.188 e. The highest BCUT2D eigenvalue weighted by atomic mass is 16.5. The minimum atomic E-state index is 0.490. The van der Waals surface area contributed by atoms with Gasteiger partial charge >= 0.3 is 0 Å². The average molecular weight is 279 g/mol. The lowest BCUT2D eigenvalue weighted by Gasteiger charge is -2.07. The summed E-state index contributed by atoms with van der Waals surface area (Å²) < 4.78 is 10.4. The van der Waals surface area contributed by atoms with Crippen molar-refractivity contribution in [3.63, 3.8) is 0 Å². The van der Waals surface area contributed by atoms with E-state index in [1.165, 1.54) is 5.56 Å². The normalized spacial score (nSPS) is 11.4. The van der Waals surface area contributed by atoms with Crippen LogP contribution >= 0.6 is 0 Å². The van der Waals surface area contributed by atoms with Crippen molar-refractivity contribution in [3.8, 4) is 5.75 Å². The van der Waals surface area contributed by atoms with E-state index in [2.05, 4.69) is 16.4 Å². The number of ether oxygens (including phenoxy) is 2. The lowest BCUT2D eigenvalue weighted by atomic mass is 10.1. The van der Waals surface area contributed by atoms with E-state index in [1.54, 1.807) is 7.11 Å². The monoisotopic (exact) mass is 279 g/mol. The number of nitrogens with two attached hydrogens (primary N) is 1. The topological polar surface area (TPSA) is 68.9 Å². The standard InChI is InChI=1S/C15H25N3O2/c1-3-20-11-5-9-17-15(16)18-10-8-13-6-4-7-14(12-13)19-2/h4,6-7,12H,3,5,8-11H2,1-2H3,(H3,16,17,18). The Hall–Kier alpha value is -1.75. The Morgan fingerprint density at radius 3 is 3.00 bits per heavy atom. The van der Waals surface area contributed by atoms with E-state index in [0.717, 1.165) is 38.3 Å². The average Bonchev–Trinajstić information content (AvgIpc) is 2.47. The van der Waals surface area contributed by atoms with Crippen LogP contribution in [0, 0.1) is 0 Å². The Bertz CT molecular complexity index is 408. The van der Waals surface area contributed by atoms with Gasteiger partial charge < -0.3 is 20.5 Å². The molecule has 0 saturated carbocycles. The number of methoxy groups -OCH3 is 1. The van der Waals surface area contributed by atoms with E-state index >= 15 is 0 Å². The van der Waals surface area contributed by atoms with Gasteiger partial charge in [-0.1, -0.05) is 12.1 Å². The summed E-state index contributed by atoms with van der Waals surface area (Å²) in [6, 6.07) is 8.02. The first-order valence-corrected chi connectivity index (χ1v) is 7.00. The van der Waals surface area contributed by atoms with E-state index in [1.807, 2.05) is 25.1 Å². The van der Waals surface area contributed by atoms with Crippen LogP contribution in [0.15, 0.2) is 29.3 Å². The van der Waals surface area contributed by atoms with Gasteiger partial charge in [-0.15, -0.1) is 0 Å². The van der Waals surface area contributed by atoms with Crippen LogP contribution in [0.5, 0.6) is 5.75 Å². The molecule has 0 heterocycles. The summed E-state index contributed by atoms with van der Waals surface area (Å²) in [7, 11) is 1.67. The SMILES string of the molecule is CCOCCCN=C(N)NCCc1cccc(OC)c1. The van der Waals surface area contributed by atoms with Gasteiger partial charge in [-0.05, 0) is 37.5 Å². The van der Waals surface area contributed by atoms with E-state index in [9.17, 15) is 0 Å². The second-order valence-corrected chi connectivity index (χ2v) is 4.35. The molecule has 0 spiro atoms. The maximum absolute atomic E-state index is 5.78. The Labute approximate surface area is 121 Å². The lowest BCUT2D eigenvalue weighted by molar-refractivity contribution is 0.146. The molecule has 1 rings (SSSR count). The third-order valence-electron chi connectivity index (χ3n) is 2.79. The quantitative estimate of drug-likeness (QED) is 0.409. The number of benzene rings is 1. The molecule has 0 aromatic heterocycles. The molecule has 0 bridgehead atoms. The number of nitrogens with one attached hydrogen (secondary N) is 1. The van der Waals surface area contributed by atoms with Gasteiger partial charge in [0.15, 0.2) is 5.96 Å². The third kappa shape index (κ3) is 6.99. The van der Waals surface area contributed by atoms with Gasteiger partial charge in [0.25, 0.3) is 0 Å². The van der Waals surface area contributed by atoms with Crippen LogP contribution in [0.1, 0.15) is 18.9 Å². The van der Waals surface area contributed by atoms with Crippen LogP contribution in [0.3, 0.4) is 0 Å². The molecule has 1 aromatic carbocycles. The van der Waals surface area contributed by atoms with Crippen molar-refractivity contribution in [1.29, 1.82) is 0 Å². The molecular weight excluding hydrogens is 254 g/mol. The Morgan fingerprint density at radius 2 is 2.25 bits per heavy atom. The minimum absolute atomic E-state index is 0.490. The van der Waals surface area contributed by atoms with Crippen molar-refractivity contribution in [2.45, 2.75) is 19.8 Å². The third-order valence-corrected chi connectivity index (χ3v) is 2.79. The summed E-state index contributed by atoms with van der Waals surface area (Å²) in [5.74, 6) is 1.37. The number of nitrogens with zero attached hydrogens (tertiary/aromatic N) is 1. The summed E-state index contributed by atoms with van der Waals surface area (Å²) in [6.45, 7) is 4.92. The van der Waals surface area contributed by atoms with Gasteiger partial charge in [-0.25, -0.2) is 0 Å². The van der Waals surface area contributed by atoms with Crippen molar-refractivity contribution in [3.05, 3.63) is 29.8 Å². The van der Waals surface area contributed by atoms with Gasteiger partial charge in [0.1, 0.15) is 5.75 Å². The summed E-state index contributed by atoms with van der Waals surface area (Å²) in [5.41, 5.74) is 6.99. The van der Waals surface area contributed by atoms with E-state index in [0.29, 0.717) is 12.5 Å². The molecule has 20 heavy (non-hydrogen) atoms. The molecule has 0 radical (unpaired) electrons. The summed E-state index contributed by atoms with van der Waals surface area (Å²) in [5, 5.41) is 3.11. The van der Waals surface area contributed by atoms with Crippen LogP contribution in [0.2, 0.25) is 0 Å². The van der Waals surface area contributed by atoms with Crippen molar-refractivity contribution in [1.82, 2.24) is 5.32 Å². The van der Waals surface area contributed by atoms with Crippen LogP contribution in [-0.4, -0.2) is 39.4 Å². The van der Waals surface area contributed by atoms with Crippen molar-refractivity contribution in [2.75, 3.05) is 33.4 Å². The highest BCUT2D eigenvalue weighted by Gasteiger charge is 1.97. The van der Waals surface area contributed by atoms with Gasteiger partial charge in [0.05, 0.1) is 7.11 Å². The fourth-order valence-corrected chi connectivity index (χ4v) is 1.73. The van der Waals surface area contributed by atoms with Gasteiger partial charge in [-0.2, -0.15) is 0 Å². The largest absolute Gasteiger partial charge is 0.497 e. The molecular formula is C15H25N3O2. The zero-order valence-electron chi connectivity index (χ0n) is 12.4. The summed E-state index contributed by atoms with van der Waals surface area (Å²) in [4.78, 5) is 4.24. The van der Waals surface area contributed by atoms with Crippen LogP contribution in [-0.2, 0) is 11.2 Å². The first-order valence-electron chi connectivity index (χ1n) is 7.00. The number of guanidine groups is 1. The van der Waals surface area contributed by atoms with Gasteiger partial charge in [0, 0.05) is 26.3 Å². The number of rotatable bonds is 9. The maximum atomic E-state index is 5.78. The molecule has 0 fully saturated rings. The minimum Gasteiger partial charge on any atom is -0.497 e. The molecule has 0 amide bonds. The molecule has 0 atom stereocenters. The Balaban J connectivity index is 2.20. The lowest BCUT2D eigenvalue weighted by Crippen LogP contribution is -2.33. The van der Waals surface area contributed by atoms with Crippen molar-refractivity contribution in [2.24, 2.45) is 10.7 Å². The predicted molar refractivity (Wildman–Crippen MR) is 82.3 cm³/mol. The summed E-state index contributed by atoms with van der Waals surface area (Å²) >= 11 is 0.